The predicted octanol–water partition coefficient (Wildman–Crippen LogP) is 2.12. The molecule has 1 aliphatic carbocycles. The SMILES string of the molecule is Clc1nc(CNC2CC2)c2n1CCCC2. The lowest BCUT2D eigenvalue weighted by Gasteiger charge is -2.15. The molecule has 0 aromatic carbocycles. The molecule has 2 heterocycles. The highest BCUT2D eigenvalue weighted by Crippen LogP contribution is 2.25. The largest absolute Gasteiger partial charge is 0.319 e. The fraction of sp³-hybridized carbons (Fsp3) is 0.727. The molecule has 82 valence electrons. The van der Waals surface area contributed by atoms with Gasteiger partial charge in [-0.1, -0.05) is 0 Å². The van der Waals surface area contributed by atoms with E-state index >= 15 is 0 Å². The van der Waals surface area contributed by atoms with Crippen molar-refractivity contribution in [2.45, 2.75) is 51.2 Å². The molecule has 0 atom stereocenters. The summed E-state index contributed by atoms with van der Waals surface area (Å²) in [6.07, 6.45) is 6.30. The second-order valence-electron chi connectivity index (χ2n) is 4.54. The third-order valence-electron chi connectivity index (χ3n) is 3.29. The zero-order valence-corrected chi connectivity index (χ0v) is 9.56. The van der Waals surface area contributed by atoms with Crippen molar-refractivity contribution in [3.63, 3.8) is 0 Å². The third kappa shape index (κ3) is 1.91. The summed E-state index contributed by atoms with van der Waals surface area (Å²) in [5.74, 6) is 0. The van der Waals surface area contributed by atoms with Crippen LogP contribution in [0.25, 0.3) is 0 Å². The lowest BCUT2D eigenvalue weighted by molar-refractivity contribution is 0.526. The van der Waals surface area contributed by atoms with Crippen molar-refractivity contribution in [3.05, 3.63) is 16.7 Å². The van der Waals surface area contributed by atoms with Gasteiger partial charge < -0.3 is 9.88 Å². The molecule has 0 bridgehead atoms. The molecule has 0 unspecified atom stereocenters. The van der Waals surface area contributed by atoms with Gasteiger partial charge >= 0.3 is 0 Å². The first-order valence-electron chi connectivity index (χ1n) is 5.82. The van der Waals surface area contributed by atoms with E-state index in [0.29, 0.717) is 5.28 Å². The molecule has 1 N–H and O–H groups in total. The predicted molar refractivity (Wildman–Crippen MR) is 60.0 cm³/mol. The van der Waals surface area contributed by atoms with Gasteiger partial charge in [0, 0.05) is 24.8 Å². The molecule has 1 fully saturated rings. The normalized spacial score (nSPS) is 20.3. The molecule has 0 saturated heterocycles. The lowest BCUT2D eigenvalue weighted by Crippen LogP contribution is -2.18. The Morgan fingerprint density at radius 3 is 3.07 bits per heavy atom. The minimum absolute atomic E-state index is 0.678. The van der Waals surface area contributed by atoms with Crippen molar-refractivity contribution in [2.75, 3.05) is 0 Å². The summed E-state index contributed by atoms with van der Waals surface area (Å²) in [5.41, 5.74) is 2.53. The van der Waals surface area contributed by atoms with Crippen LogP contribution in [0.3, 0.4) is 0 Å². The van der Waals surface area contributed by atoms with Crippen LogP contribution >= 0.6 is 11.6 Å². The van der Waals surface area contributed by atoms with Gasteiger partial charge in [-0.15, -0.1) is 0 Å². The van der Waals surface area contributed by atoms with Crippen molar-refractivity contribution in [1.29, 1.82) is 0 Å². The van der Waals surface area contributed by atoms with E-state index in [1.54, 1.807) is 0 Å². The summed E-state index contributed by atoms with van der Waals surface area (Å²) in [4.78, 5) is 4.46. The number of nitrogens with zero attached hydrogens (tertiary/aromatic N) is 2. The zero-order chi connectivity index (χ0) is 10.3. The quantitative estimate of drug-likeness (QED) is 0.854. The number of imidazole rings is 1. The number of nitrogens with one attached hydrogen (secondary N) is 1. The van der Waals surface area contributed by atoms with Crippen LogP contribution in [0.2, 0.25) is 5.28 Å². The van der Waals surface area contributed by atoms with Gasteiger partial charge in [0.25, 0.3) is 0 Å². The first-order valence-corrected chi connectivity index (χ1v) is 6.19. The molecule has 1 saturated carbocycles. The van der Waals surface area contributed by atoms with Crippen molar-refractivity contribution in [1.82, 2.24) is 14.9 Å². The fourth-order valence-electron chi connectivity index (χ4n) is 2.24. The first-order chi connectivity index (χ1) is 7.34. The summed E-state index contributed by atoms with van der Waals surface area (Å²) in [5, 5.41) is 4.18. The second kappa shape index (κ2) is 3.80. The van der Waals surface area contributed by atoms with Crippen LogP contribution in [0.15, 0.2) is 0 Å². The molecular formula is C11H16ClN3. The lowest BCUT2D eigenvalue weighted by atomic mass is 10.1. The van der Waals surface area contributed by atoms with Crippen LogP contribution in [0.4, 0.5) is 0 Å². The monoisotopic (exact) mass is 225 g/mol. The fourth-order valence-corrected chi connectivity index (χ4v) is 2.53. The van der Waals surface area contributed by atoms with Gasteiger partial charge in [-0.25, -0.2) is 4.98 Å². The van der Waals surface area contributed by atoms with E-state index in [4.69, 9.17) is 11.6 Å². The number of fused-ring (bicyclic) bond motifs is 1. The van der Waals surface area contributed by atoms with E-state index in [0.717, 1.165) is 25.6 Å². The molecular weight excluding hydrogens is 210 g/mol. The van der Waals surface area contributed by atoms with Gasteiger partial charge in [0.15, 0.2) is 0 Å². The summed E-state index contributed by atoms with van der Waals surface area (Å²) >= 11 is 6.12. The van der Waals surface area contributed by atoms with Gasteiger partial charge in [-0.2, -0.15) is 0 Å². The standard InChI is InChI=1S/C11H16ClN3/c12-11-14-9(7-13-8-4-5-8)10-3-1-2-6-15(10)11/h8,13H,1-7H2. The molecule has 3 rings (SSSR count). The Morgan fingerprint density at radius 2 is 2.27 bits per heavy atom. The maximum Gasteiger partial charge on any atom is 0.203 e. The maximum atomic E-state index is 6.12. The van der Waals surface area contributed by atoms with E-state index in [-0.39, 0.29) is 0 Å². The average Bonchev–Trinajstić information content (AvgIpc) is 3.03. The smallest absolute Gasteiger partial charge is 0.203 e. The van der Waals surface area contributed by atoms with E-state index in [1.807, 2.05) is 0 Å². The number of aromatic nitrogens is 2. The molecule has 0 spiro atoms. The van der Waals surface area contributed by atoms with E-state index < -0.39 is 0 Å². The minimum atomic E-state index is 0.678. The van der Waals surface area contributed by atoms with Crippen LogP contribution in [0.1, 0.15) is 37.1 Å². The number of rotatable bonds is 3. The van der Waals surface area contributed by atoms with Gasteiger partial charge in [-0.05, 0) is 43.7 Å². The zero-order valence-electron chi connectivity index (χ0n) is 8.80. The average molecular weight is 226 g/mol. The molecule has 1 aliphatic heterocycles. The van der Waals surface area contributed by atoms with Crippen molar-refractivity contribution in [3.8, 4) is 0 Å². The first kappa shape index (κ1) is 9.67. The Balaban J connectivity index is 1.79. The van der Waals surface area contributed by atoms with E-state index in [2.05, 4.69) is 14.9 Å². The molecule has 2 aliphatic rings. The molecule has 1 aromatic heterocycles. The molecule has 15 heavy (non-hydrogen) atoms. The summed E-state index contributed by atoms with van der Waals surface area (Å²) in [7, 11) is 0. The van der Waals surface area contributed by atoms with Crippen LogP contribution in [-0.2, 0) is 19.5 Å². The molecule has 1 aromatic rings. The van der Waals surface area contributed by atoms with Gasteiger partial charge in [0.05, 0.1) is 5.69 Å². The van der Waals surface area contributed by atoms with Crippen LogP contribution in [0.5, 0.6) is 0 Å². The van der Waals surface area contributed by atoms with Gasteiger partial charge in [-0.3, -0.25) is 0 Å². The topological polar surface area (TPSA) is 29.9 Å². The highest BCUT2D eigenvalue weighted by atomic mass is 35.5. The van der Waals surface area contributed by atoms with Crippen molar-refractivity contribution in [2.24, 2.45) is 0 Å². The Kier molecular flexibility index (Phi) is 2.45. The molecule has 3 nitrogen and oxygen atoms in total. The molecule has 0 amide bonds. The Hall–Kier alpha value is -0.540. The Labute approximate surface area is 94.8 Å². The summed E-state index contributed by atoms with van der Waals surface area (Å²) in [6.45, 7) is 1.94. The van der Waals surface area contributed by atoms with Crippen molar-refractivity contribution >= 4 is 11.6 Å². The summed E-state index contributed by atoms with van der Waals surface area (Å²) in [6, 6.07) is 0.740. The van der Waals surface area contributed by atoms with Gasteiger partial charge in [0.2, 0.25) is 5.28 Å². The Bertz CT molecular complexity index is 368. The highest BCUT2D eigenvalue weighted by Gasteiger charge is 2.23. The molecule has 0 radical (unpaired) electrons. The van der Waals surface area contributed by atoms with Crippen LogP contribution < -0.4 is 5.32 Å². The summed E-state index contributed by atoms with van der Waals surface area (Å²) < 4.78 is 2.18. The highest BCUT2D eigenvalue weighted by molar-refractivity contribution is 6.28. The van der Waals surface area contributed by atoms with Crippen LogP contribution in [0, 0.1) is 0 Å². The minimum Gasteiger partial charge on any atom is -0.319 e. The number of hydrogen-bond acceptors (Lipinski definition) is 2. The van der Waals surface area contributed by atoms with E-state index in [1.165, 1.54) is 37.1 Å². The second-order valence-corrected chi connectivity index (χ2v) is 4.88. The van der Waals surface area contributed by atoms with E-state index in [9.17, 15) is 0 Å². The van der Waals surface area contributed by atoms with Crippen molar-refractivity contribution < 1.29 is 0 Å². The Morgan fingerprint density at radius 1 is 1.40 bits per heavy atom. The maximum absolute atomic E-state index is 6.12. The third-order valence-corrected chi connectivity index (χ3v) is 3.58. The number of hydrogen-bond donors (Lipinski definition) is 1. The van der Waals surface area contributed by atoms with Crippen LogP contribution in [-0.4, -0.2) is 15.6 Å². The van der Waals surface area contributed by atoms with Gasteiger partial charge in [0.1, 0.15) is 0 Å². The number of halogens is 1. The molecule has 4 heteroatoms.